The van der Waals surface area contributed by atoms with Gasteiger partial charge in [-0.2, -0.15) is 0 Å². The molecule has 4 heteroatoms. The monoisotopic (exact) mass is 204 g/mol. The largest absolute Gasteiger partial charge is 0.315 e. The lowest BCUT2D eigenvalue weighted by Gasteiger charge is -2.10. The van der Waals surface area contributed by atoms with E-state index < -0.39 is 0 Å². The molecule has 0 saturated carbocycles. The summed E-state index contributed by atoms with van der Waals surface area (Å²) in [6, 6.07) is 0. The minimum Gasteiger partial charge on any atom is -0.315 e. The van der Waals surface area contributed by atoms with Crippen molar-refractivity contribution in [3.63, 3.8) is 0 Å². The second kappa shape index (κ2) is 9.40. The van der Waals surface area contributed by atoms with Crippen molar-refractivity contribution >= 4 is 0 Å². The molecule has 0 unspecified atom stereocenters. The normalized spacial score (nSPS) is 33.7. The van der Waals surface area contributed by atoms with Gasteiger partial charge in [-0.25, -0.2) is 0 Å². The predicted octanol–water partition coefficient (Wildman–Crippen LogP) is -0.861. The fourth-order valence-electron chi connectivity index (χ4n) is 1.32. The smallest absolute Gasteiger partial charge is 0.122 e. The summed E-state index contributed by atoms with van der Waals surface area (Å²) in [5, 5.41) is 5.88. The van der Waals surface area contributed by atoms with Gasteiger partial charge >= 0.3 is 0 Å². The first-order valence-electron chi connectivity index (χ1n) is 7.32. The van der Waals surface area contributed by atoms with Gasteiger partial charge in [-0.15, -0.1) is 0 Å². The Bertz CT molecular complexity index is 180. The van der Waals surface area contributed by atoms with E-state index in [1.165, 1.54) is 21.2 Å². The number of nitrogens with one attached hydrogen (secondary N) is 4. The molecular formula is C10H24N4. The molecule has 4 nitrogen and oxygen atoms in total. The van der Waals surface area contributed by atoms with Crippen molar-refractivity contribution in [1.29, 1.82) is 0 Å². The van der Waals surface area contributed by atoms with Crippen LogP contribution in [-0.2, 0) is 0 Å². The summed E-state index contributed by atoms with van der Waals surface area (Å²) in [6.45, 7) is 4.78. The second-order valence-electron chi connectivity index (χ2n) is 3.39. The lowest BCUT2D eigenvalue weighted by atomic mass is 10.3. The fraction of sp³-hybridized carbons (Fsp3) is 1.00. The molecule has 1 rings (SSSR count). The van der Waals surface area contributed by atoms with Gasteiger partial charge in [-0.3, -0.25) is 0 Å². The molecule has 1 heterocycles. The van der Waals surface area contributed by atoms with Crippen LogP contribution in [0, 0.1) is 0 Å². The van der Waals surface area contributed by atoms with E-state index in [1.54, 1.807) is 0 Å². The molecule has 0 aromatic heterocycles. The van der Waals surface area contributed by atoms with Gasteiger partial charge in [0.1, 0.15) is 5.65 Å². The van der Waals surface area contributed by atoms with E-state index in [0.717, 1.165) is 12.8 Å². The summed E-state index contributed by atoms with van der Waals surface area (Å²) < 4.78 is 30.8. The zero-order chi connectivity index (χ0) is 13.4. The van der Waals surface area contributed by atoms with E-state index in [1.807, 2.05) is 0 Å². The molecule has 0 amide bonds. The molecule has 14 heavy (non-hydrogen) atoms. The van der Waals surface area contributed by atoms with Crippen LogP contribution < -0.4 is 21.2 Å². The molecule has 4 N–H and O–H groups in total. The van der Waals surface area contributed by atoms with Crippen LogP contribution in [0.15, 0.2) is 0 Å². The summed E-state index contributed by atoms with van der Waals surface area (Å²) >= 11 is 0. The number of rotatable bonds is 0. The molecule has 0 aromatic rings. The Labute approximate surface area is 93.1 Å². The molecular weight excluding hydrogens is 176 g/mol. The standard InChI is InChI=1S/C10H24N4/c1-3-11-7-9-13-5-2-6-14-10-8-12-4-1/h11-14H,1-10H2/i/hD4. The summed E-state index contributed by atoms with van der Waals surface area (Å²) in [5.74, 6) is 0. The van der Waals surface area contributed by atoms with E-state index in [-0.39, 0.29) is 0 Å². The van der Waals surface area contributed by atoms with Crippen LogP contribution in [-0.4, -0.2) is 52.4 Å². The highest BCUT2D eigenvalue weighted by atomic mass is 15.0. The van der Waals surface area contributed by atoms with E-state index in [9.17, 15) is 0 Å². The lowest BCUT2D eigenvalue weighted by molar-refractivity contribution is 0.530. The van der Waals surface area contributed by atoms with Crippen molar-refractivity contribution in [2.24, 2.45) is 0 Å². The van der Waals surface area contributed by atoms with Gasteiger partial charge in [-0.1, -0.05) is 0 Å². The molecule has 1 saturated heterocycles. The van der Waals surface area contributed by atoms with Crippen LogP contribution in [0.3, 0.4) is 0 Å². The van der Waals surface area contributed by atoms with Crippen LogP contribution in [0.1, 0.15) is 12.8 Å². The average Bonchev–Trinajstić information content (AvgIpc) is 2.33. The van der Waals surface area contributed by atoms with Gasteiger partial charge in [0, 0.05) is 26.2 Å². The van der Waals surface area contributed by atoms with E-state index in [4.69, 9.17) is 5.65 Å². The van der Waals surface area contributed by atoms with Gasteiger partial charge < -0.3 is 21.2 Å². The van der Waals surface area contributed by atoms with Crippen molar-refractivity contribution in [2.75, 3.05) is 52.4 Å². The summed E-state index contributed by atoms with van der Waals surface area (Å²) in [4.78, 5) is 0. The molecule has 1 aliphatic heterocycles. The highest BCUT2D eigenvalue weighted by Crippen LogP contribution is 1.76. The Kier molecular flexibility index (Phi) is 4.81. The van der Waals surface area contributed by atoms with E-state index in [0.29, 0.717) is 52.4 Å². The van der Waals surface area contributed by atoms with Crippen molar-refractivity contribution in [2.45, 2.75) is 12.8 Å². The third-order valence-electron chi connectivity index (χ3n) is 2.10. The van der Waals surface area contributed by atoms with E-state index in [2.05, 4.69) is 0 Å². The maximum atomic E-state index is 7.70. The first-order chi connectivity index (χ1) is 8.58. The van der Waals surface area contributed by atoms with Crippen molar-refractivity contribution in [3.05, 3.63) is 0 Å². The maximum Gasteiger partial charge on any atom is 0.122 e. The Morgan fingerprint density at radius 3 is 1.07 bits per heavy atom. The summed E-state index contributed by atoms with van der Waals surface area (Å²) in [7, 11) is 0. The van der Waals surface area contributed by atoms with Crippen LogP contribution >= 0.6 is 0 Å². The van der Waals surface area contributed by atoms with Crippen molar-refractivity contribution < 1.29 is 5.65 Å². The number of hydrogen-bond acceptors (Lipinski definition) is 4. The van der Waals surface area contributed by atoms with Gasteiger partial charge in [0.25, 0.3) is 0 Å². The molecule has 84 valence electrons. The zero-order valence-electron chi connectivity index (χ0n) is 12.9. The molecule has 1 fully saturated rings. The van der Waals surface area contributed by atoms with Crippen LogP contribution in [0.2, 0.25) is 5.65 Å². The van der Waals surface area contributed by atoms with Crippen LogP contribution in [0.25, 0.3) is 0 Å². The highest BCUT2D eigenvalue weighted by molar-refractivity contribution is 4.58. The molecule has 0 aliphatic carbocycles. The summed E-state index contributed by atoms with van der Waals surface area (Å²) in [6.07, 6.45) is 1.56. The average molecular weight is 204 g/mol. The SMILES string of the molecule is [2H]N1CCCN([2H])CCN([2H])CCCN([2H])CC1. The third kappa shape index (κ3) is 7.26. The summed E-state index contributed by atoms with van der Waals surface area (Å²) in [5.41, 5.74) is 0. The van der Waals surface area contributed by atoms with Gasteiger partial charge in [0.2, 0.25) is 0 Å². The predicted molar refractivity (Wildman–Crippen MR) is 60.7 cm³/mol. The molecule has 0 bridgehead atoms. The van der Waals surface area contributed by atoms with Crippen molar-refractivity contribution in [3.8, 4) is 0 Å². The minimum atomic E-state index is 0.562. The molecule has 0 atom stereocenters. The van der Waals surface area contributed by atoms with Gasteiger partial charge in [0.15, 0.2) is 0 Å². The third-order valence-corrected chi connectivity index (χ3v) is 2.10. The van der Waals surface area contributed by atoms with Crippen LogP contribution in [0.5, 0.6) is 0 Å². The maximum absolute atomic E-state index is 7.70. The topological polar surface area (TPSA) is 48.1 Å². The highest BCUT2D eigenvalue weighted by Gasteiger charge is 1.93. The molecule has 0 radical (unpaired) electrons. The quantitative estimate of drug-likeness (QED) is 0.415. The Hall–Kier alpha value is -0.160. The number of hydrogen-bond donors (Lipinski definition) is 4. The minimum absolute atomic E-state index is 0.562. The Balaban J connectivity index is 2.36. The molecule has 1 aliphatic rings. The fourth-order valence-corrected chi connectivity index (χ4v) is 1.32. The second-order valence-corrected chi connectivity index (χ2v) is 3.39. The van der Waals surface area contributed by atoms with E-state index >= 15 is 0 Å². The zero-order valence-corrected chi connectivity index (χ0v) is 8.86. The first kappa shape index (κ1) is 7.17. The lowest BCUT2D eigenvalue weighted by Crippen LogP contribution is -2.34. The van der Waals surface area contributed by atoms with Crippen molar-refractivity contribution in [1.82, 2.24) is 21.2 Å². The first-order valence-corrected chi connectivity index (χ1v) is 5.53. The van der Waals surface area contributed by atoms with Crippen LogP contribution in [0.4, 0.5) is 0 Å². The molecule has 0 spiro atoms. The molecule has 0 aromatic carbocycles. The Morgan fingerprint density at radius 1 is 0.500 bits per heavy atom. The van der Waals surface area contributed by atoms with Gasteiger partial charge in [0.05, 0.1) is 0 Å². The Morgan fingerprint density at radius 2 is 0.786 bits per heavy atom. The van der Waals surface area contributed by atoms with Gasteiger partial charge in [-0.05, 0) is 39.0 Å².